The second-order valence-corrected chi connectivity index (χ2v) is 5.24. The van der Waals surface area contributed by atoms with Gasteiger partial charge in [-0.2, -0.15) is 0 Å². The maximum absolute atomic E-state index is 6.30. The van der Waals surface area contributed by atoms with Gasteiger partial charge >= 0.3 is 0 Å². The van der Waals surface area contributed by atoms with Crippen molar-refractivity contribution in [3.8, 4) is 0 Å². The van der Waals surface area contributed by atoms with Crippen molar-refractivity contribution in [2.75, 3.05) is 13.2 Å². The summed E-state index contributed by atoms with van der Waals surface area (Å²) < 4.78 is 5.38. The van der Waals surface area contributed by atoms with Crippen LogP contribution in [0.5, 0.6) is 0 Å². The first-order valence-electron chi connectivity index (χ1n) is 6.57. The van der Waals surface area contributed by atoms with Crippen molar-refractivity contribution in [1.82, 2.24) is 0 Å². The highest BCUT2D eigenvalue weighted by Crippen LogP contribution is 2.26. The molecule has 1 aromatic carbocycles. The molecule has 2 rings (SSSR count). The van der Waals surface area contributed by atoms with E-state index in [4.69, 9.17) is 10.5 Å². The predicted octanol–water partition coefficient (Wildman–Crippen LogP) is 3.12. The monoisotopic (exact) mass is 233 g/mol. The van der Waals surface area contributed by atoms with Crippen LogP contribution < -0.4 is 5.73 Å². The Morgan fingerprint density at radius 3 is 2.59 bits per heavy atom. The van der Waals surface area contributed by atoms with Crippen LogP contribution >= 0.6 is 0 Å². The maximum atomic E-state index is 6.30. The first kappa shape index (κ1) is 12.6. The highest BCUT2D eigenvalue weighted by atomic mass is 16.5. The van der Waals surface area contributed by atoms with Gasteiger partial charge in [-0.25, -0.2) is 0 Å². The van der Waals surface area contributed by atoms with Crippen LogP contribution in [0.1, 0.15) is 42.0 Å². The maximum Gasteiger partial charge on any atom is 0.0468 e. The molecule has 0 saturated carbocycles. The number of rotatable bonds is 3. The van der Waals surface area contributed by atoms with E-state index in [1.807, 2.05) is 0 Å². The summed E-state index contributed by atoms with van der Waals surface area (Å²) in [5.74, 6) is 0.736. The van der Waals surface area contributed by atoms with Crippen molar-refractivity contribution < 1.29 is 4.74 Å². The van der Waals surface area contributed by atoms with Gasteiger partial charge in [0.15, 0.2) is 0 Å². The van der Waals surface area contributed by atoms with Gasteiger partial charge in [0.25, 0.3) is 0 Å². The van der Waals surface area contributed by atoms with Crippen LogP contribution in [0.3, 0.4) is 0 Å². The molecule has 2 heteroatoms. The molecule has 2 nitrogen and oxygen atoms in total. The normalized spacial score (nSPS) is 19.2. The zero-order valence-corrected chi connectivity index (χ0v) is 10.9. The Balaban J connectivity index is 1.98. The SMILES string of the molecule is Cc1ccc(C(N)CC2CCOCC2)cc1C. The zero-order chi connectivity index (χ0) is 12.3. The molecule has 1 heterocycles. The summed E-state index contributed by atoms with van der Waals surface area (Å²) in [5.41, 5.74) is 10.3. The van der Waals surface area contributed by atoms with Crippen LogP contribution in [-0.4, -0.2) is 13.2 Å². The van der Waals surface area contributed by atoms with Crippen molar-refractivity contribution in [3.05, 3.63) is 34.9 Å². The molecule has 0 bridgehead atoms. The van der Waals surface area contributed by atoms with Gasteiger partial charge in [0.1, 0.15) is 0 Å². The highest BCUT2D eigenvalue weighted by molar-refractivity contribution is 5.31. The van der Waals surface area contributed by atoms with Crippen LogP contribution in [0, 0.1) is 19.8 Å². The zero-order valence-electron chi connectivity index (χ0n) is 10.9. The first-order valence-corrected chi connectivity index (χ1v) is 6.57. The molecule has 1 aromatic rings. The molecule has 0 amide bonds. The van der Waals surface area contributed by atoms with E-state index >= 15 is 0 Å². The van der Waals surface area contributed by atoms with Gasteiger partial charge in [-0.3, -0.25) is 0 Å². The average molecular weight is 233 g/mol. The molecule has 0 spiro atoms. The van der Waals surface area contributed by atoms with Crippen molar-refractivity contribution in [3.63, 3.8) is 0 Å². The van der Waals surface area contributed by atoms with Gasteiger partial charge in [0, 0.05) is 19.3 Å². The Kier molecular flexibility index (Phi) is 4.19. The Morgan fingerprint density at radius 2 is 1.94 bits per heavy atom. The van der Waals surface area contributed by atoms with Gasteiger partial charge in [-0.15, -0.1) is 0 Å². The van der Waals surface area contributed by atoms with E-state index in [9.17, 15) is 0 Å². The second-order valence-electron chi connectivity index (χ2n) is 5.24. The molecule has 1 fully saturated rings. The van der Waals surface area contributed by atoms with E-state index < -0.39 is 0 Å². The van der Waals surface area contributed by atoms with Crippen molar-refractivity contribution in [1.29, 1.82) is 0 Å². The van der Waals surface area contributed by atoms with E-state index in [1.165, 1.54) is 29.5 Å². The minimum Gasteiger partial charge on any atom is -0.381 e. The van der Waals surface area contributed by atoms with Crippen LogP contribution in [-0.2, 0) is 4.74 Å². The van der Waals surface area contributed by atoms with E-state index in [-0.39, 0.29) is 6.04 Å². The summed E-state index contributed by atoms with van der Waals surface area (Å²) in [6, 6.07) is 6.76. The number of hydrogen-bond acceptors (Lipinski definition) is 2. The first-order chi connectivity index (χ1) is 8.16. The molecule has 0 radical (unpaired) electrons. The summed E-state index contributed by atoms with van der Waals surface area (Å²) in [4.78, 5) is 0. The molecule has 1 aliphatic heterocycles. The van der Waals surface area contributed by atoms with Gasteiger partial charge in [-0.1, -0.05) is 18.2 Å². The predicted molar refractivity (Wildman–Crippen MR) is 71.0 cm³/mol. The largest absolute Gasteiger partial charge is 0.381 e. The van der Waals surface area contributed by atoms with Gasteiger partial charge in [0.05, 0.1) is 0 Å². The average Bonchev–Trinajstić information content (AvgIpc) is 2.34. The van der Waals surface area contributed by atoms with Crippen molar-refractivity contribution >= 4 is 0 Å². The fourth-order valence-electron chi connectivity index (χ4n) is 2.47. The molecule has 1 aliphatic rings. The van der Waals surface area contributed by atoms with Gasteiger partial charge < -0.3 is 10.5 Å². The minimum absolute atomic E-state index is 0.178. The van der Waals surface area contributed by atoms with Gasteiger partial charge in [0.2, 0.25) is 0 Å². The summed E-state index contributed by atoms with van der Waals surface area (Å²) in [6.07, 6.45) is 3.42. The van der Waals surface area contributed by atoms with Crippen LogP contribution in [0.15, 0.2) is 18.2 Å². The van der Waals surface area contributed by atoms with Crippen molar-refractivity contribution in [2.45, 2.75) is 39.2 Å². The third kappa shape index (κ3) is 3.30. The molecule has 1 unspecified atom stereocenters. The Bertz CT molecular complexity index is 369. The summed E-state index contributed by atoms with van der Waals surface area (Å²) in [7, 11) is 0. The molecule has 2 N–H and O–H groups in total. The number of benzene rings is 1. The summed E-state index contributed by atoms with van der Waals surface area (Å²) in [6.45, 7) is 6.11. The lowest BCUT2D eigenvalue weighted by molar-refractivity contribution is 0.0618. The topological polar surface area (TPSA) is 35.2 Å². The van der Waals surface area contributed by atoms with Crippen molar-refractivity contribution in [2.24, 2.45) is 11.7 Å². The second kappa shape index (κ2) is 5.65. The van der Waals surface area contributed by atoms with E-state index in [0.29, 0.717) is 0 Å². The lowest BCUT2D eigenvalue weighted by Crippen LogP contribution is -2.21. The number of hydrogen-bond donors (Lipinski definition) is 1. The number of nitrogens with two attached hydrogens (primary N) is 1. The minimum atomic E-state index is 0.178. The molecule has 1 atom stereocenters. The molecule has 17 heavy (non-hydrogen) atoms. The highest BCUT2D eigenvalue weighted by Gasteiger charge is 2.18. The van der Waals surface area contributed by atoms with Crippen LogP contribution in [0.2, 0.25) is 0 Å². The number of ether oxygens (including phenoxy) is 1. The fraction of sp³-hybridized carbons (Fsp3) is 0.600. The van der Waals surface area contributed by atoms with E-state index in [0.717, 1.165) is 25.6 Å². The molecule has 1 saturated heterocycles. The summed E-state index contributed by atoms with van der Waals surface area (Å²) in [5, 5.41) is 0. The number of aryl methyl sites for hydroxylation is 2. The molecule has 94 valence electrons. The molecule has 0 aromatic heterocycles. The summed E-state index contributed by atoms with van der Waals surface area (Å²) >= 11 is 0. The Hall–Kier alpha value is -0.860. The van der Waals surface area contributed by atoms with Crippen LogP contribution in [0.25, 0.3) is 0 Å². The fourth-order valence-corrected chi connectivity index (χ4v) is 2.47. The van der Waals surface area contributed by atoms with E-state index in [2.05, 4.69) is 32.0 Å². The Labute approximate surface area is 104 Å². The molecular formula is C15H23NO. The lowest BCUT2D eigenvalue weighted by atomic mass is 9.89. The standard InChI is InChI=1S/C15H23NO/c1-11-3-4-14(9-12(11)2)15(16)10-13-5-7-17-8-6-13/h3-4,9,13,15H,5-8,10,16H2,1-2H3. The lowest BCUT2D eigenvalue weighted by Gasteiger charge is -2.25. The van der Waals surface area contributed by atoms with Crippen LogP contribution in [0.4, 0.5) is 0 Å². The third-order valence-electron chi connectivity index (χ3n) is 3.89. The Morgan fingerprint density at radius 1 is 1.24 bits per heavy atom. The third-order valence-corrected chi connectivity index (χ3v) is 3.89. The molecular weight excluding hydrogens is 210 g/mol. The quantitative estimate of drug-likeness (QED) is 0.870. The molecule has 0 aliphatic carbocycles. The van der Waals surface area contributed by atoms with Gasteiger partial charge in [-0.05, 0) is 55.7 Å². The smallest absolute Gasteiger partial charge is 0.0468 e. The van der Waals surface area contributed by atoms with E-state index in [1.54, 1.807) is 0 Å².